The van der Waals surface area contributed by atoms with Crippen LogP contribution in [0.4, 0.5) is 0 Å². The summed E-state index contributed by atoms with van der Waals surface area (Å²) in [4.78, 5) is 20.6. The molecule has 5 heterocycles. The van der Waals surface area contributed by atoms with Gasteiger partial charge in [-0.3, -0.25) is 9.88 Å². The fraction of sp³-hybridized carbons (Fsp3) is 0.333. The van der Waals surface area contributed by atoms with Crippen LogP contribution in [0.15, 0.2) is 66.7 Å². The second kappa shape index (κ2) is 7.73. The zero-order valence-corrected chi connectivity index (χ0v) is 17.1. The van der Waals surface area contributed by atoms with Gasteiger partial charge in [-0.15, -0.1) is 17.9 Å². The predicted octanol–water partition coefficient (Wildman–Crippen LogP) is 5.09. The van der Waals surface area contributed by atoms with E-state index in [1.165, 1.54) is 17.8 Å². The molecule has 2 aromatic heterocycles. The fourth-order valence-electron chi connectivity index (χ4n) is 4.98. The number of fused-ring (bicyclic) bond motifs is 4. The Bertz CT molecular complexity index is 1030. The van der Waals surface area contributed by atoms with Gasteiger partial charge in [-0.1, -0.05) is 30.3 Å². The van der Waals surface area contributed by atoms with Gasteiger partial charge in [0, 0.05) is 23.7 Å². The minimum atomic E-state index is -0.314. The Kier molecular flexibility index (Phi) is 4.94. The molecular formula is C24H24N2O2S. The van der Waals surface area contributed by atoms with Gasteiger partial charge in [0.1, 0.15) is 11.0 Å². The summed E-state index contributed by atoms with van der Waals surface area (Å²) in [6.45, 7) is 6.08. The number of pyridine rings is 1. The second-order valence-electron chi connectivity index (χ2n) is 7.97. The second-order valence-corrected chi connectivity index (χ2v) is 8.91. The van der Waals surface area contributed by atoms with E-state index in [1.54, 1.807) is 0 Å². The van der Waals surface area contributed by atoms with Crippen molar-refractivity contribution < 1.29 is 9.53 Å². The summed E-state index contributed by atoms with van der Waals surface area (Å²) in [6, 6.07) is 14.0. The zero-order chi connectivity index (χ0) is 19.8. The molecule has 4 nitrogen and oxygen atoms in total. The van der Waals surface area contributed by atoms with Crippen molar-refractivity contribution in [2.45, 2.75) is 25.0 Å². The van der Waals surface area contributed by atoms with Crippen molar-refractivity contribution in [3.63, 3.8) is 0 Å². The number of ether oxygens (including phenoxy) is 1. The fourth-order valence-corrected chi connectivity index (χ4v) is 5.58. The van der Waals surface area contributed by atoms with Crippen molar-refractivity contribution in [2.24, 2.45) is 11.8 Å². The standard InChI is InChI=1S/C24H24N2O2S/c1-2-16-15-26-12-10-17(16)14-21(26)23(28-24(27)22-8-5-13-29-22)19-9-11-25-20-7-4-3-6-18(19)20/h2-9,11,13,16-17,21,23H,1,10,12,14-15H2. The normalized spacial score (nSPS) is 26.9. The Labute approximate surface area is 174 Å². The molecule has 2 bridgehead atoms. The first-order valence-corrected chi connectivity index (χ1v) is 11.1. The molecule has 3 aliphatic heterocycles. The van der Waals surface area contributed by atoms with Crippen molar-refractivity contribution in [1.82, 2.24) is 9.88 Å². The maximum Gasteiger partial charge on any atom is 0.348 e. The summed E-state index contributed by atoms with van der Waals surface area (Å²) in [5.74, 6) is 0.898. The van der Waals surface area contributed by atoms with Crippen LogP contribution in [0.5, 0.6) is 0 Å². The highest BCUT2D eigenvalue weighted by atomic mass is 32.1. The number of carbonyl (C=O) groups excluding carboxylic acids is 1. The molecule has 3 aliphatic rings. The van der Waals surface area contributed by atoms with Gasteiger partial charge in [0.15, 0.2) is 0 Å². The molecule has 5 heteroatoms. The summed E-state index contributed by atoms with van der Waals surface area (Å²) >= 11 is 1.42. The zero-order valence-electron chi connectivity index (χ0n) is 16.2. The molecule has 148 valence electrons. The maximum absolute atomic E-state index is 12.9. The van der Waals surface area contributed by atoms with Crippen molar-refractivity contribution in [2.75, 3.05) is 13.1 Å². The van der Waals surface area contributed by atoms with Crippen LogP contribution in [0.2, 0.25) is 0 Å². The van der Waals surface area contributed by atoms with Crippen LogP contribution >= 0.6 is 11.3 Å². The van der Waals surface area contributed by atoms with Crippen molar-refractivity contribution in [3.05, 3.63) is 77.1 Å². The van der Waals surface area contributed by atoms with Crippen LogP contribution in [0.25, 0.3) is 10.9 Å². The Balaban J connectivity index is 1.55. The molecule has 29 heavy (non-hydrogen) atoms. The Morgan fingerprint density at radius 2 is 2.17 bits per heavy atom. The molecule has 3 saturated heterocycles. The monoisotopic (exact) mass is 404 g/mol. The number of thiophene rings is 1. The van der Waals surface area contributed by atoms with Crippen molar-refractivity contribution in [3.8, 4) is 0 Å². The minimum Gasteiger partial charge on any atom is -0.452 e. The molecule has 6 rings (SSSR count). The number of benzene rings is 1. The van der Waals surface area contributed by atoms with Crippen LogP contribution < -0.4 is 0 Å². The van der Waals surface area contributed by atoms with Crippen LogP contribution in [0.3, 0.4) is 0 Å². The number of para-hydroxylation sites is 1. The van der Waals surface area contributed by atoms with Gasteiger partial charge in [-0.2, -0.15) is 0 Å². The molecule has 0 amide bonds. The average Bonchev–Trinajstić information content (AvgIpc) is 3.32. The summed E-state index contributed by atoms with van der Waals surface area (Å²) in [6.07, 6.45) is 5.82. The molecular weight excluding hydrogens is 380 g/mol. The van der Waals surface area contributed by atoms with E-state index in [0.717, 1.165) is 36.0 Å². The third kappa shape index (κ3) is 3.38. The van der Waals surface area contributed by atoms with Crippen LogP contribution in [-0.4, -0.2) is 35.0 Å². The van der Waals surface area contributed by atoms with E-state index >= 15 is 0 Å². The number of nitrogens with zero attached hydrogens (tertiary/aromatic N) is 2. The Hall–Kier alpha value is -2.50. The van der Waals surface area contributed by atoms with Crippen molar-refractivity contribution >= 4 is 28.2 Å². The maximum atomic E-state index is 12.9. The highest BCUT2D eigenvalue weighted by Gasteiger charge is 2.44. The number of carbonyl (C=O) groups is 1. The summed E-state index contributed by atoms with van der Waals surface area (Å²) in [5, 5.41) is 2.97. The van der Waals surface area contributed by atoms with E-state index in [1.807, 2.05) is 48.0 Å². The van der Waals surface area contributed by atoms with Gasteiger partial charge in [0.25, 0.3) is 0 Å². The summed E-state index contributed by atoms with van der Waals surface area (Å²) in [7, 11) is 0. The SMILES string of the molecule is C=CC1CN2CCC1CC2C(OC(=O)c1cccs1)c1ccnc2ccccc12. The number of aromatic nitrogens is 1. The molecule has 3 aromatic rings. The Morgan fingerprint density at radius 1 is 1.28 bits per heavy atom. The minimum absolute atomic E-state index is 0.180. The first-order chi connectivity index (χ1) is 14.2. The van der Waals surface area contributed by atoms with E-state index in [-0.39, 0.29) is 18.1 Å². The predicted molar refractivity (Wildman–Crippen MR) is 116 cm³/mol. The van der Waals surface area contributed by atoms with Crippen LogP contribution in [0.1, 0.15) is 34.2 Å². The lowest BCUT2D eigenvalue weighted by Gasteiger charge is -2.51. The number of piperidine rings is 3. The van der Waals surface area contributed by atoms with E-state index < -0.39 is 0 Å². The van der Waals surface area contributed by atoms with Crippen LogP contribution in [-0.2, 0) is 4.74 Å². The van der Waals surface area contributed by atoms with E-state index in [4.69, 9.17) is 4.74 Å². The number of rotatable bonds is 5. The van der Waals surface area contributed by atoms with Gasteiger partial charge in [0.05, 0.1) is 11.6 Å². The van der Waals surface area contributed by atoms with E-state index in [0.29, 0.717) is 16.7 Å². The lowest BCUT2D eigenvalue weighted by Crippen LogP contribution is -2.55. The lowest BCUT2D eigenvalue weighted by molar-refractivity contribution is -0.0566. The van der Waals surface area contributed by atoms with Gasteiger partial charge in [0.2, 0.25) is 0 Å². The number of hydrogen-bond donors (Lipinski definition) is 0. The molecule has 5 unspecified atom stereocenters. The topological polar surface area (TPSA) is 42.4 Å². The molecule has 5 atom stereocenters. The van der Waals surface area contributed by atoms with Crippen molar-refractivity contribution in [1.29, 1.82) is 0 Å². The number of esters is 1. The summed E-state index contributed by atoms with van der Waals surface area (Å²) in [5.41, 5.74) is 1.98. The number of hydrogen-bond acceptors (Lipinski definition) is 5. The molecule has 0 radical (unpaired) electrons. The Morgan fingerprint density at radius 3 is 2.93 bits per heavy atom. The third-order valence-electron chi connectivity index (χ3n) is 6.45. The lowest BCUT2D eigenvalue weighted by atomic mass is 9.73. The van der Waals surface area contributed by atoms with Crippen LogP contribution in [0, 0.1) is 11.8 Å². The van der Waals surface area contributed by atoms with E-state index in [9.17, 15) is 4.79 Å². The summed E-state index contributed by atoms with van der Waals surface area (Å²) < 4.78 is 6.23. The molecule has 0 spiro atoms. The van der Waals surface area contributed by atoms with E-state index in [2.05, 4.69) is 28.6 Å². The largest absolute Gasteiger partial charge is 0.452 e. The molecule has 0 aliphatic carbocycles. The first kappa shape index (κ1) is 18.5. The molecule has 1 aromatic carbocycles. The molecule has 3 fully saturated rings. The smallest absolute Gasteiger partial charge is 0.348 e. The van der Waals surface area contributed by atoms with Gasteiger partial charge >= 0.3 is 5.97 Å². The quantitative estimate of drug-likeness (QED) is 0.439. The third-order valence-corrected chi connectivity index (χ3v) is 7.30. The van der Waals surface area contributed by atoms with Gasteiger partial charge in [-0.25, -0.2) is 4.79 Å². The average molecular weight is 405 g/mol. The molecule has 0 N–H and O–H groups in total. The highest BCUT2D eigenvalue weighted by Crippen LogP contribution is 2.43. The van der Waals surface area contributed by atoms with Gasteiger partial charge < -0.3 is 4.74 Å². The van der Waals surface area contributed by atoms with Gasteiger partial charge in [-0.05, 0) is 54.8 Å². The molecule has 0 saturated carbocycles. The first-order valence-electron chi connectivity index (χ1n) is 10.2. The highest BCUT2D eigenvalue weighted by molar-refractivity contribution is 7.11.